The number of halogens is 4. The molecule has 1 heterocycles. The number of nitrogens with zero attached hydrogens (tertiary/aromatic N) is 2. The number of aliphatic imine (C=N–C) groups is 1. The number of nitrogens with one attached hydrogen (secondary N) is 2. The van der Waals surface area contributed by atoms with Gasteiger partial charge in [-0.2, -0.15) is 13.2 Å². The summed E-state index contributed by atoms with van der Waals surface area (Å²) in [6, 6.07) is 2.69. The molecule has 140 valence electrons. The molecular weight excluding hydrogens is 336 g/mol. The van der Waals surface area contributed by atoms with Crippen LogP contribution in [0.2, 0.25) is 0 Å². The summed E-state index contributed by atoms with van der Waals surface area (Å²) in [7, 11) is 1.56. The van der Waals surface area contributed by atoms with Gasteiger partial charge >= 0.3 is 6.18 Å². The van der Waals surface area contributed by atoms with E-state index in [1.165, 1.54) is 12.8 Å². The molecule has 0 bridgehead atoms. The van der Waals surface area contributed by atoms with Crippen LogP contribution in [-0.4, -0.2) is 44.1 Å². The Morgan fingerprint density at radius 3 is 2.56 bits per heavy atom. The topological polar surface area (TPSA) is 39.7 Å². The zero-order valence-electron chi connectivity index (χ0n) is 14.3. The summed E-state index contributed by atoms with van der Waals surface area (Å²) in [5.41, 5.74) is -0.988. The number of benzene rings is 1. The maximum absolute atomic E-state index is 13.1. The molecule has 1 aromatic carbocycles. The molecule has 2 rings (SSSR count). The number of hydrogen-bond donors (Lipinski definition) is 2. The Morgan fingerprint density at radius 1 is 1.20 bits per heavy atom. The van der Waals surface area contributed by atoms with Crippen molar-refractivity contribution in [1.29, 1.82) is 0 Å². The van der Waals surface area contributed by atoms with Crippen LogP contribution in [0.15, 0.2) is 23.2 Å². The molecule has 0 aliphatic carbocycles. The standard InChI is InChI=1S/C17H24F4N4/c1-22-16(23-7-4-10-25-8-2-3-9-25)24-12-13-5-6-14(18)11-15(13)17(19,20)21/h5-6,11H,2-4,7-10,12H2,1H3,(H2,22,23,24). The number of rotatable bonds is 6. The van der Waals surface area contributed by atoms with E-state index < -0.39 is 17.6 Å². The second-order valence-corrected chi connectivity index (χ2v) is 6.05. The molecular formula is C17H24F4N4. The van der Waals surface area contributed by atoms with Crippen molar-refractivity contribution in [1.82, 2.24) is 15.5 Å². The van der Waals surface area contributed by atoms with Crippen LogP contribution in [0.5, 0.6) is 0 Å². The van der Waals surface area contributed by atoms with Crippen LogP contribution in [0, 0.1) is 5.82 Å². The first kappa shape index (κ1) is 19.5. The zero-order chi connectivity index (χ0) is 18.3. The Bertz CT molecular complexity index is 581. The summed E-state index contributed by atoms with van der Waals surface area (Å²) in [6.45, 7) is 3.88. The normalized spacial score (nSPS) is 16.3. The summed E-state index contributed by atoms with van der Waals surface area (Å²) >= 11 is 0. The van der Waals surface area contributed by atoms with Crippen LogP contribution in [0.4, 0.5) is 17.6 Å². The van der Waals surface area contributed by atoms with Crippen molar-refractivity contribution in [2.75, 3.05) is 33.2 Å². The monoisotopic (exact) mass is 360 g/mol. The summed E-state index contributed by atoms with van der Waals surface area (Å²) in [5.74, 6) is -0.473. The first-order chi connectivity index (χ1) is 11.9. The Labute approximate surface area is 145 Å². The maximum Gasteiger partial charge on any atom is 0.416 e. The first-order valence-electron chi connectivity index (χ1n) is 8.42. The second kappa shape index (κ2) is 9.03. The summed E-state index contributed by atoms with van der Waals surface area (Å²) < 4.78 is 52.1. The zero-order valence-corrected chi connectivity index (χ0v) is 14.3. The number of alkyl halides is 3. The summed E-state index contributed by atoms with van der Waals surface area (Å²) in [5, 5.41) is 5.94. The third kappa shape index (κ3) is 6.19. The maximum atomic E-state index is 13.1. The molecule has 8 heteroatoms. The third-order valence-electron chi connectivity index (χ3n) is 4.19. The van der Waals surface area contributed by atoms with Crippen LogP contribution < -0.4 is 10.6 Å². The van der Waals surface area contributed by atoms with Crippen molar-refractivity contribution in [2.45, 2.75) is 32.0 Å². The fourth-order valence-corrected chi connectivity index (χ4v) is 2.88. The fourth-order valence-electron chi connectivity index (χ4n) is 2.88. The van der Waals surface area contributed by atoms with Gasteiger partial charge in [0, 0.05) is 20.1 Å². The average molecular weight is 360 g/mol. The number of likely N-dealkylation sites (tertiary alicyclic amines) is 1. The van der Waals surface area contributed by atoms with E-state index in [-0.39, 0.29) is 12.1 Å². The Morgan fingerprint density at radius 2 is 1.92 bits per heavy atom. The van der Waals surface area contributed by atoms with E-state index in [0.29, 0.717) is 18.6 Å². The van der Waals surface area contributed by atoms with Gasteiger partial charge in [0.25, 0.3) is 0 Å². The van der Waals surface area contributed by atoms with E-state index in [4.69, 9.17) is 0 Å². The molecule has 1 aromatic rings. The van der Waals surface area contributed by atoms with Gasteiger partial charge in [0.05, 0.1) is 5.56 Å². The van der Waals surface area contributed by atoms with Gasteiger partial charge in [-0.1, -0.05) is 6.07 Å². The molecule has 25 heavy (non-hydrogen) atoms. The smallest absolute Gasteiger partial charge is 0.356 e. The van der Waals surface area contributed by atoms with Gasteiger partial charge in [0.2, 0.25) is 0 Å². The van der Waals surface area contributed by atoms with Crippen molar-refractivity contribution in [3.63, 3.8) is 0 Å². The van der Waals surface area contributed by atoms with E-state index in [1.807, 2.05) is 0 Å². The van der Waals surface area contributed by atoms with Gasteiger partial charge in [0.15, 0.2) is 5.96 Å². The molecule has 0 amide bonds. The quantitative estimate of drug-likeness (QED) is 0.355. The molecule has 0 aromatic heterocycles. The molecule has 1 fully saturated rings. The molecule has 0 unspecified atom stereocenters. The van der Waals surface area contributed by atoms with Crippen LogP contribution >= 0.6 is 0 Å². The van der Waals surface area contributed by atoms with Crippen molar-refractivity contribution < 1.29 is 17.6 Å². The summed E-state index contributed by atoms with van der Waals surface area (Å²) in [4.78, 5) is 6.40. The largest absolute Gasteiger partial charge is 0.416 e. The van der Waals surface area contributed by atoms with Gasteiger partial charge in [-0.25, -0.2) is 4.39 Å². The molecule has 1 aliphatic rings. The van der Waals surface area contributed by atoms with Crippen LogP contribution in [0.1, 0.15) is 30.4 Å². The third-order valence-corrected chi connectivity index (χ3v) is 4.19. The molecule has 4 nitrogen and oxygen atoms in total. The molecule has 1 saturated heterocycles. The first-order valence-corrected chi connectivity index (χ1v) is 8.42. The number of guanidine groups is 1. The summed E-state index contributed by atoms with van der Waals surface area (Å²) in [6.07, 6.45) is -1.16. The highest BCUT2D eigenvalue weighted by Crippen LogP contribution is 2.32. The highest BCUT2D eigenvalue weighted by molar-refractivity contribution is 5.79. The van der Waals surface area contributed by atoms with Crippen LogP contribution in [0.3, 0.4) is 0 Å². The minimum Gasteiger partial charge on any atom is -0.356 e. The molecule has 0 atom stereocenters. The molecule has 0 radical (unpaired) electrons. The minimum absolute atomic E-state index is 0.0195. The molecule has 0 spiro atoms. The highest BCUT2D eigenvalue weighted by atomic mass is 19.4. The lowest BCUT2D eigenvalue weighted by Gasteiger charge is -2.17. The van der Waals surface area contributed by atoms with Crippen molar-refractivity contribution >= 4 is 5.96 Å². The Kier molecular flexibility index (Phi) is 7.04. The number of hydrogen-bond acceptors (Lipinski definition) is 2. The molecule has 0 saturated carbocycles. The lowest BCUT2D eigenvalue weighted by molar-refractivity contribution is -0.138. The van der Waals surface area contributed by atoms with Crippen LogP contribution in [0.25, 0.3) is 0 Å². The predicted octanol–water partition coefficient (Wildman–Crippen LogP) is 3.00. The SMILES string of the molecule is CN=C(NCCCN1CCCC1)NCc1ccc(F)cc1C(F)(F)F. The van der Waals surface area contributed by atoms with Gasteiger partial charge in [0.1, 0.15) is 5.82 Å². The lowest BCUT2D eigenvalue weighted by atomic mass is 10.1. The van der Waals surface area contributed by atoms with Crippen molar-refractivity contribution in [3.05, 3.63) is 35.1 Å². The highest BCUT2D eigenvalue weighted by Gasteiger charge is 2.33. The van der Waals surface area contributed by atoms with Crippen molar-refractivity contribution in [2.24, 2.45) is 4.99 Å². The van der Waals surface area contributed by atoms with Gasteiger partial charge in [-0.3, -0.25) is 4.99 Å². The van der Waals surface area contributed by atoms with E-state index >= 15 is 0 Å². The predicted molar refractivity (Wildman–Crippen MR) is 89.9 cm³/mol. The van der Waals surface area contributed by atoms with E-state index in [9.17, 15) is 17.6 Å². The Balaban J connectivity index is 1.82. The minimum atomic E-state index is -4.59. The fraction of sp³-hybridized carbons (Fsp3) is 0.588. The van der Waals surface area contributed by atoms with Crippen LogP contribution in [-0.2, 0) is 12.7 Å². The average Bonchev–Trinajstić information content (AvgIpc) is 3.07. The Hall–Kier alpha value is -1.83. The molecule has 1 aliphatic heterocycles. The van der Waals surface area contributed by atoms with Gasteiger partial charge in [-0.05, 0) is 56.6 Å². The van der Waals surface area contributed by atoms with Gasteiger partial charge < -0.3 is 15.5 Å². The lowest BCUT2D eigenvalue weighted by Crippen LogP contribution is -2.38. The second-order valence-electron chi connectivity index (χ2n) is 6.05. The van der Waals surface area contributed by atoms with E-state index in [2.05, 4.69) is 20.5 Å². The van der Waals surface area contributed by atoms with Gasteiger partial charge in [-0.15, -0.1) is 0 Å². The van der Waals surface area contributed by atoms with E-state index in [1.54, 1.807) is 7.05 Å². The van der Waals surface area contributed by atoms with Crippen molar-refractivity contribution in [3.8, 4) is 0 Å². The molecule has 2 N–H and O–H groups in total. The van der Waals surface area contributed by atoms with E-state index in [0.717, 1.165) is 38.2 Å².